The zero-order valence-electron chi connectivity index (χ0n) is 12.2. The van der Waals surface area contributed by atoms with Gasteiger partial charge in [-0.3, -0.25) is 0 Å². The molecule has 2 aromatic carbocycles. The number of hydrogen-bond acceptors (Lipinski definition) is 3. The van der Waals surface area contributed by atoms with Gasteiger partial charge < -0.3 is 14.8 Å². The van der Waals surface area contributed by atoms with E-state index in [1.165, 1.54) is 17.7 Å². The number of benzene rings is 2. The smallest absolute Gasteiger partial charge is 0.162 e. The van der Waals surface area contributed by atoms with Crippen LogP contribution in [0.4, 0.5) is 10.1 Å². The van der Waals surface area contributed by atoms with Gasteiger partial charge in [-0.2, -0.15) is 0 Å². The van der Waals surface area contributed by atoms with E-state index in [2.05, 4.69) is 5.32 Å². The third kappa shape index (κ3) is 2.66. The van der Waals surface area contributed by atoms with Crippen LogP contribution in [0, 0.1) is 5.82 Å². The summed E-state index contributed by atoms with van der Waals surface area (Å²) in [5.74, 6) is 1.59. The molecule has 0 aliphatic carbocycles. The van der Waals surface area contributed by atoms with Crippen LogP contribution in [0.2, 0.25) is 0 Å². The molecule has 3 rings (SSSR count). The number of halogens is 1. The Morgan fingerprint density at radius 1 is 1.05 bits per heavy atom. The minimum Gasteiger partial charge on any atom is -0.493 e. The molecular weight excluding hydrogens is 269 g/mol. The van der Waals surface area contributed by atoms with Gasteiger partial charge in [0.2, 0.25) is 0 Å². The molecule has 21 heavy (non-hydrogen) atoms. The van der Waals surface area contributed by atoms with Crippen molar-refractivity contribution in [3.8, 4) is 11.5 Å². The van der Waals surface area contributed by atoms with E-state index in [0.717, 1.165) is 35.7 Å². The molecule has 110 valence electrons. The molecule has 1 heterocycles. The van der Waals surface area contributed by atoms with Crippen molar-refractivity contribution in [2.75, 3.05) is 26.1 Å². The third-order valence-corrected chi connectivity index (χ3v) is 3.96. The van der Waals surface area contributed by atoms with Gasteiger partial charge in [-0.05, 0) is 35.7 Å². The van der Waals surface area contributed by atoms with Gasteiger partial charge in [-0.1, -0.05) is 12.1 Å². The van der Waals surface area contributed by atoms with E-state index in [1.807, 2.05) is 24.3 Å². The summed E-state index contributed by atoms with van der Waals surface area (Å²) in [7, 11) is 3.27. The fourth-order valence-electron chi connectivity index (χ4n) is 2.80. The van der Waals surface area contributed by atoms with Crippen LogP contribution in [0.5, 0.6) is 11.5 Å². The zero-order valence-corrected chi connectivity index (χ0v) is 12.2. The number of hydrogen-bond donors (Lipinski definition) is 1. The average molecular weight is 287 g/mol. The quantitative estimate of drug-likeness (QED) is 0.935. The second-order valence-electron chi connectivity index (χ2n) is 5.20. The molecule has 0 amide bonds. The fraction of sp³-hybridized carbons (Fsp3) is 0.294. The Labute approximate surface area is 123 Å². The topological polar surface area (TPSA) is 30.5 Å². The number of fused-ring (bicyclic) bond motifs is 1. The fourth-order valence-corrected chi connectivity index (χ4v) is 2.80. The molecule has 0 radical (unpaired) electrons. The Morgan fingerprint density at radius 3 is 2.38 bits per heavy atom. The Bertz CT molecular complexity index is 640. The van der Waals surface area contributed by atoms with Gasteiger partial charge in [0, 0.05) is 24.2 Å². The van der Waals surface area contributed by atoms with Gasteiger partial charge in [0.25, 0.3) is 0 Å². The summed E-state index contributed by atoms with van der Waals surface area (Å²) >= 11 is 0. The summed E-state index contributed by atoms with van der Waals surface area (Å²) in [5, 5.41) is 3.42. The average Bonchev–Trinajstić information content (AvgIpc) is 2.53. The molecule has 1 atom stereocenters. The zero-order chi connectivity index (χ0) is 14.8. The molecule has 1 N–H and O–H groups in total. The van der Waals surface area contributed by atoms with Crippen molar-refractivity contribution in [2.45, 2.75) is 12.3 Å². The van der Waals surface area contributed by atoms with Crippen LogP contribution in [-0.4, -0.2) is 20.8 Å². The first-order valence-electron chi connectivity index (χ1n) is 6.95. The van der Waals surface area contributed by atoms with Gasteiger partial charge in [-0.25, -0.2) is 4.39 Å². The number of ether oxygens (including phenoxy) is 2. The van der Waals surface area contributed by atoms with Crippen molar-refractivity contribution in [1.82, 2.24) is 0 Å². The molecule has 0 spiro atoms. The number of rotatable bonds is 3. The maximum atomic E-state index is 13.0. The summed E-state index contributed by atoms with van der Waals surface area (Å²) in [6, 6.07) is 10.7. The van der Waals surface area contributed by atoms with Crippen molar-refractivity contribution < 1.29 is 13.9 Å². The Morgan fingerprint density at radius 2 is 1.71 bits per heavy atom. The highest BCUT2D eigenvalue weighted by Gasteiger charge is 2.22. The molecule has 0 bridgehead atoms. The molecule has 1 aliphatic heterocycles. The SMILES string of the molecule is COc1cc2c(cc1OC)NCC(c1ccc(F)cc1)C2. The molecule has 3 nitrogen and oxygen atoms in total. The van der Waals surface area contributed by atoms with E-state index in [1.54, 1.807) is 14.2 Å². The minimum atomic E-state index is -0.200. The lowest BCUT2D eigenvalue weighted by molar-refractivity contribution is 0.354. The van der Waals surface area contributed by atoms with Crippen LogP contribution in [-0.2, 0) is 6.42 Å². The maximum Gasteiger partial charge on any atom is 0.162 e. The van der Waals surface area contributed by atoms with Gasteiger partial charge >= 0.3 is 0 Å². The van der Waals surface area contributed by atoms with Gasteiger partial charge in [0.1, 0.15) is 5.82 Å². The normalized spacial score (nSPS) is 16.8. The summed E-state index contributed by atoms with van der Waals surface area (Å²) in [6.45, 7) is 0.827. The Kier molecular flexibility index (Phi) is 3.69. The molecule has 0 aromatic heterocycles. The summed E-state index contributed by atoms with van der Waals surface area (Å²) in [4.78, 5) is 0. The third-order valence-electron chi connectivity index (χ3n) is 3.96. The van der Waals surface area contributed by atoms with E-state index in [9.17, 15) is 4.39 Å². The molecule has 0 saturated heterocycles. The highest BCUT2D eigenvalue weighted by atomic mass is 19.1. The molecule has 4 heteroatoms. The summed E-state index contributed by atoms with van der Waals surface area (Å²) in [5.41, 5.74) is 3.41. The van der Waals surface area contributed by atoms with Crippen LogP contribution >= 0.6 is 0 Å². The van der Waals surface area contributed by atoms with Crippen LogP contribution in [0.3, 0.4) is 0 Å². The van der Waals surface area contributed by atoms with E-state index in [4.69, 9.17) is 9.47 Å². The van der Waals surface area contributed by atoms with Crippen LogP contribution in [0.25, 0.3) is 0 Å². The van der Waals surface area contributed by atoms with E-state index in [-0.39, 0.29) is 5.82 Å². The van der Waals surface area contributed by atoms with Crippen LogP contribution < -0.4 is 14.8 Å². The molecule has 0 fully saturated rings. The number of methoxy groups -OCH3 is 2. The van der Waals surface area contributed by atoms with Gasteiger partial charge in [-0.15, -0.1) is 0 Å². The molecule has 1 unspecified atom stereocenters. The van der Waals surface area contributed by atoms with Crippen molar-refractivity contribution in [2.24, 2.45) is 0 Å². The minimum absolute atomic E-state index is 0.200. The second-order valence-corrected chi connectivity index (χ2v) is 5.20. The van der Waals surface area contributed by atoms with E-state index in [0.29, 0.717) is 5.92 Å². The monoisotopic (exact) mass is 287 g/mol. The predicted octanol–water partition coefficient (Wildman–Crippen LogP) is 3.59. The Balaban J connectivity index is 1.89. The first kappa shape index (κ1) is 13.7. The lowest BCUT2D eigenvalue weighted by atomic mass is 9.88. The Hall–Kier alpha value is -2.23. The van der Waals surface area contributed by atoms with Crippen LogP contribution in [0.15, 0.2) is 36.4 Å². The highest BCUT2D eigenvalue weighted by molar-refractivity contribution is 5.62. The van der Waals surface area contributed by atoms with Crippen molar-refractivity contribution >= 4 is 5.69 Å². The molecule has 1 aliphatic rings. The number of anilines is 1. The number of nitrogens with one attached hydrogen (secondary N) is 1. The largest absolute Gasteiger partial charge is 0.493 e. The van der Waals surface area contributed by atoms with Gasteiger partial charge in [0.15, 0.2) is 11.5 Å². The first-order valence-corrected chi connectivity index (χ1v) is 6.95. The standard InChI is InChI=1S/C17H18FNO2/c1-20-16-8-12-7-13(11-3-5-14(18)6-4-11)10-19-15(12)9-17(16)21-2/h3-6,8-9,13,19H,7,10H2,1-2H3. The van der Waals surface area contributed by atoms with Crippen molar-refractivity contribution in [1.29, 1.82) is 0 Å². The molecular formula is C17H18FNO2. The van der Waals surface area contributed by atoms with Gasteiger partial charge in [0.05, 0.1) is 14.2 Å². The molecule has 2 aromatic rings. The first-order chi connectivity index (χ1) is 10.2. The lowest BCUT2D eigenvalue weighted by Gasteiger charge is -2.27. The summed E-state index contributed by atoms with van der Waals surface area (Å²) in [6.07, 6.45) is 0.897. The lowest BCUT2D eigenvalue weighted by Crippen LogP contribution is -2.21. The molecule has 0 saturated carbocycles. The summed E-state index contributed by atoms with van der Waals surface area (Å²) < 4.78 is 23.7. The van der Waals surface area contributed by atoms with E-state index >= 15 is 0 Å². The van der Waals surface area contributed by atoms with Crippen LogP contribution in [0.1, 0.15) is 17.0 Å². The maximum absolute atomic E-state index is 13.0. The van der Waals surface area contributed by atoms with E-state index < -0.39 is 0 Å². The highest BCUT2D eigenvalue weighted by Crippen LogP contribution is 2.38. The second kappa shape index (κ2) is 5.64. The predicted molar refractivity (Wildman–Crippen MR) is 80.9 cm³/mol. The van der Waals surface area contributed by atoms with Crippen molar-refractivity contribution in [3.05, 3.63) is 53.3 Å². The van der Waals surface area contributed by atoms with Crippen molar-refractivity contribution in [3.63, 3.8) is 0 Å².